The van der Waals surface area contributed by atoms with E-state index in [0.717, 1.165) is 12.8 Å². The van der Waals surface area contributed by atoms with Crippen LogP contribution in [0.25, 0.3) is 0 Å². The Hall–Kier alpha value is -1.07. The Morgan fingerprint density at radius 1 is 1.39 bits per heavy atom. The van der Waals surface area contributed by atoms with Gasteiger partial charge in [0.2, 0.25) is 10.0 Å². The molecule has 0 heterocycles. The van der Waals surface area contributed by atoms with Crippen LogP contribution < -0.4 is 20.9 Å². The molecule has 1 aliphatic rings. The summed E-state index contributed by atoms with van der Waals surface area (Å²) in [6, 6.07) is 5.14. The number of ether oxygens (including phenoxy) is 1. The van der Waals surface area contributed by atoms with Crippen LogP contribution in [0, 0.1) is 0 Å². The predicted molar refractivity (Wildman–Crippen MR) is 101 cm³/mol. The zero-order valence-corrected chi connectivity index (χ0v) is 16.1. The monoisotopic (exact) mass is 454 g/mol. The Kier molecular flexibility index (Phi) is 7.55. The van der Waals surface area contributed by atoms with Crippen molar-refractivity contribution >= 4 is 40.0 Å². The van der Waals surface area contributed by atoms with Gasteiger partial charge in [-0.2, -0.15) is 0 Å². The fourth-order valence-electron chi connectivity index (χ4n) is 2.54. The Balaban J connectivity index is 0.00000264. The van der Waals surface area contributed by atoms with E-state index in [4.69, 9.17) is 15.6 Å². The maximum absolute atomic E-state index is 11.6. The van der Waals surface area contributed by atoms with Crippen molar-refractivity contribution in [1.82, 2.24) is 5.32 Å². The number of hydrogen-bond acceptors (Lipinski definition) is 4. The van der Waals surface area contributed by atoms with E-state index in [1.54, 1.807) is 12.1 Å². The minimum absolute atomic E-state index is 0. The number of nitrogens with zero attached hydrogens (tertiary/aromatic N) is 1. The first-order chi connectivity index (χ1) is 10.4. The molecule has 0 radical (unpaired) electrons. The highest BCUT2D eigenvalue weighted by Crippen LogP contribution is 2.24. The zero-order valence-electron chi connectivity index (χ0n) is 13.0. The van der Waals surface area contributed by atoms with Crippen LogP contribution in [0.4, 0.5) is 0 Å². The summed E-state index contributed by atoms with van der Waals surface area (Å²) in [7, 11) is -2.45. The van der Waals surface area contributed by atoms with Gasteiger partial charge in [0.1, 0.15) is 10.6 Å². The van der Waals surface area contributed by atoms with Crippen molar-refractivity contribution in [3.63, 3.8) is 0 Å². The van der Waals surface area contributed by atoms with Gasteiger partial charge in [0.15, 0.2) is 5.96 Å². The number of guanidine groups is 1. The number of methoxy groups -OCH3 is 1. The molecule has 0 aliphatic heterocycles. The molecule has 130 valence electrons. The van der Waals surface area contributed by atoms with Gasteiger partial charge in [0.25, 0.3) is 0 Å². The van der Waals surface area contributed by atoms with E-state index in [-0.39, 0.29) is 41.2 Å². The number of nitrogens with one attached hydrogen (secondary N) is 1. The quantitative estimate of drug-likeness (QED) is 0.352. The number of primary sulfonamides is 1. The van der Waals surface area contributed by atoms with Gasteiger partial charge >= 0.3 is 0 Å². The van der Waals surface area contributed by atoms with E-state index in [9.17, 15) is 8.42 Å². The lowest BCUT2D eigenvalue weighted by atomic mass is 10.2. The van der Waals surface area contributed by atoms with E-state index < -0.39 is 10.0 Å². The molecule has 5 N–H and O–H groups in total. The average Bonchev–Trinajstić information content (AvgIpc) is 2.96. The molecule has 1 aromatic rings. The highest BCUT2D eigenvalue weighted by molar-refractivity contribution is 14.0. The number of nitrogens with two attached hydrogens (primary N) is 2. The molecule has 23 heavy (non-hydrogen) atoms. The van der Waals surface area contributed by atoms with E-state index in [1.165, 1.54) is 26.0 Å². The Morgan fingerprint density at radius 2 is 2.04 bits per heavy atom. The summed E-state index contributed by atoms with van der Waals surface area (Å²) in [6.07, 6.45) is 4.63. The normalized spacial score (nSPS) is 16.0. The minimum Gasteiger partial charge on any atom is -0.495 e. The topological polar surface area (TPSA) is 120 Å². The van der Waals surface area contributed by atoms with Gasteiger partial charge in [-0.25, -0.2) is 18.5 Å². The molecular weight excluding hydrogens is 431 g/mol. The van der Waals surface area contributed by atoms with Crippen molar-refractivity contribution in [2.45, 2.75) is 43.2 Å². The standard InChI is InChI=1S/C14H22N4O3S.HI/c1-21-12-7-6-10(8-13(12)22(16,19)20)9-17-14(15)18-11-4-2-3-5-11;/h6-8,11H,2-5,9H2,1H3,(H3,15,17,18)(H2,16,19,20);1H. The summed E-state index contributed by atoms with van der Waals surface area (Å²) in [5, 5.41) is 8.36. The largest absolute Gasteiger partial charge is 0.495 e. The van der Waals surface area contributed by atoms with Crippen LogP contribution in [0.5, 0.6) is 5.75 Å². The third-order valence-electron chi connectivity index (χ3n) is 3.67. The minimum atomic E-state index is -3.85. The number of hydrogen-bond donors (Lipinski definition) is 3. The molecule has 0 saturated heterocycles. The molecule has 0 amide bonds. The first kappa shape index (κ1) is 20.0. The molecule has 0 unspecified atom stereocenters. The lowest BCUT2D eigenvalue weighted by molar-refractivity contribution is 0.402. The second kappa shape index (κ2) is 8.69. The number of rotatable bonds is 5. The lowest BCUT2D eigenvalue weighted by Crippen LogP contribution is -2.38. The summed E-state index contributed by atoms with van der Waals surface area (Å²) in [4.78, 5) is 4.19. The van der Waals surface area contributed by atoms with Crippen LogP contribution in [0.15, 0.2) is 28.1 Å². The highest BCUT2D eigenvalue weighted by atomic mass is 127. The molecule has 0 spiro atoms. The fourth-order valence-corrected chi connectivity index (χ4v) is 3.29. The highest BCUT2D eigenvalue weighted by Gasteiger charge is 2.16. The van der Waals surface area contributed by atoms with E-state index in [0.29, 0.717) is 17.6 Å². The van der Waals surface area contributed by atoms with E-state index >= 15 is 0 Å². The Bertz CT molecular complexity index is 658. The number of halogens is 1. The van der Waals surface area contributed by atoms with Gasteiger partial charge in [-0.1, -0.05) is 18.9 Å². The van der Waals surface area contributed by atoms with Crippen molar-refractivity contribution in [2.24, 2.45) is 15.9 Å². The summed E-state index contributed by atoms with van der Waals surface area (Å²) >= 11 is 0. The lowest BCUT2D eigenvalue weighted by Gasteiger charge is -2.12. The van der Waals surface area contributed by atoms with Gasteiger partial charge in [-0.3, -0.25) is 0 Å². The van der Waals surface area contributed by atoms with E-state index in [2.05, 4.69) is 10.3 Å². The zero-order chi connectivity index (χ0) is 16.2. The average molecular weight is 454 g/mol. The third kappa shape index (κ3) is 5.81. The summed E-state index contributed by atoms with van der Waals surface area (Å²) < 4.78 is 28.1. The molecule has 0 aromatic heterocycles. The fraction of sp³-hybridized carbons (Fsp3) is 0.500. The van der Waals surface area contributed by atoms with Gasteiger partial charge < -0.3 is 15.8 Å². The summed E-state index contributed by atoms with van der Waals surface area (Å²) in [6.45, 7) is 0.276. The van der Waals surface area contributed by atoms with Crippen LogP contribution in [-0.4, -0.2) is 27.5 Å². The van der Waals surface area contributed by atoms with Crippen molar-refractivity contribution < 1.29 is 13.2 Å². The van der Waals surface area contributed by atoms with Crippen LogP contribution in [-0.2, 0) is 16.6 Å². The first-order valence-corrected chi connectivity index (χ1v) is 8.71. The van der Waals surface area contributed by atoms with E-state index in [1.807, 2.05) is 0 Å². The molecule has 0 bridgehead atoms. The van der Waals surface area contributed by atoms with Crippen LogP contribution in [0.2, 0.25) is 0 Å². The second-order valence-electron chi connectivity index (χ2n) is 5.36. The molecule has 2 rings (SSSR count). The van der Waals surface area contributed by atoms with Crippen molar-refractivity contribution in [2.75, 3.05) is 7.11 Å². The molecule has 0 atom stereocenters. The number of aliphatic imine (C=N–C) groups is 1. The second-order valence-corrected chi connectivity index (χ2v) is 6.89. The van der Waals surface area contributed by atoms with Gasteiger partial charge in [-0.15, -0.1) is 24.0 Å². The van der Waals surface area contributed by atoms with Crippen molar-refractivity contribution in [3.05, 3.63) is 23.8 Å². The first-order valence-electron chi connectivity index (χ1n) is 7.16. The van der Waals surface area contributed by atoms with Crippen LogP contribution in [0.1, 0.15) is 31.2 Å². The maximum atomic E-state index is 11.6. The number of sulfonamides is 1. The Morgan fingerprint density at radius 3 is 2.61 bits per heavy atom. The Labute approximate surface area is 153 Å². The predicted octanol–water partition coefficient (Wildman–Crippen LogP) is 1.31. The summed E-state index contributed by atoms with van der Waals surface area (Å²) in [5.74, 6) is 0.590. The molecule has 1 saturated carbocycles. The summed E-state index contributed by atoms with van der Waals surface area (Å²) in [5.41, 5.74) is 6.55. The molecule has 1 fully saturated rings. The SMILES string of the molecule is COc1ccc(CN=C(N)NC2CCCC2)cc1S(N)(=O)=O.I. The molecule has 1 aromatic carbocycles. The van der Waals surface area contributed by atoms with Gasteiger partial charge in [-0.05, 0) is 30.5 Å². The van der Waals surface area contributed by atoms with Crippen molar-refractivity contribution in [1.29, 1.82) is 0 Å². The molecule has 9 heteroatoms. The van der Waals surface area contributed by atoms with Crippen LogP contribution in [0.3, 0.4) is 0 Å². The van der Waals surface area contributed by atoms with Gasteiger partial charge in [0.05, 0.1) is 13.7 Å². The number of benzene rings is 1. The van der Waals surface area contributed by atoms with Gasteiger partial charge in [0, 0.05) is 6.04 Å². The third-order valence-corrected chi connectivity index (χ3v) is 4.61. The molecule has 1 aliphatic carbocycles. The smallest absolute Gasteiger partial charge is 0.241 e. The molecular formula is C14H23IN4O3S. The van der Waals surface area contributed by atoms with Crippen LogP contribution >= 0.6 is 24.0 Å². The maximum Gasteiger partial charge on any atom is 0.241 e. The van der Waals surface area contributed by atoms with Crippen molar-refractivity contribution in [3.8, 4) is 5.75 Å². The molecule has 7 nitrogen and oxygen atoms in total.